The first-order valence-electron chi connectivity index (χ1n) is 8.29. The fraction of sp³-hybridized carbons (Fsp3) is 0.353. The summed E-state index contributed by atoms with van der Waals surface area (Å²) < 4.78 is 28.9. The van der Waals surface area contributed by atoms with Crippen LogP contribution >= 0.6 is 24.0 Å². The Kier molecular flexibility index (Phi) is 10.3. The molecule has 0 aliphatic rings. The summed E-state index contributed by atoms with van der Waals surface area (Å²) in [7, 11) is -3.48. The van der Waals surface area contributed by atoms with Crippen LogP contribution in [-0.2, 0) is 16.6 Å². The van der Waals surface area contributed by atoms with Gasteiger partial charge in [0.1, 0.15) is 0 Å². The van der Waals surface area contributed by atoms with Gasteiger partial charge in [-0.15, -0.1) is 24.0 Å². The van der Waals surface area contributed by atoms with Gasteiger partial charge < -0.3 is 15.2 Å². The van der Waals surface area contributed by atoms with Gasteiger partial charge in [0.15, 0.2) is 5.96 Å². The highest BCUT2D eigenvalue weighted by atomic mass is 127. The number of guanidine groups is 1. The predicted octanol–water partition coefficient (Wildman–Crippen LogP) is 1.64. The Hall–Kier alpha value is -1.59. The lowest BCUT2D eigenvalue weighted by Gasteiger charge is -2.12. The van der Waals surface area contributed by atoms with Crippen molar-refractivity contribution >= 4 is 40.0 Å². The molecule has 0 unspecified atom stereocenters. The van der Waals surface area contributed by atoms with E-state index in [9.17, 15) is 8.42 Å². The molecule has 0 fully saturated rings. The normalized spacial score (nSPS) is 11.7. The van der Waals surface area contributed by atoms with Gasteiger partial charge in [-0.3, -0.25) is 4.99 Å². The topological polar surface area (TPSA) is 87.5 Å². The van der Waals surface area contributed by atoms with Crippen LogP contribution in [0.5, 0.6) is 0 Å². The number of hydrogen-bond donors (Lipinski definition) is 3. The van der Waals surface area contributed by atoms with E-state index in [1.54, 1.807) is 30.3 Å². The highest BCUT2D eigenvalue weighted by Gasteiger charge is 2.11. The second-order valence-electron chi connectivity index (χ2n) is 5.32. The van der Waals surface area contributed by atoms with Crippen molar-refractivity contribution in [2.24, 2.45) is 4.99 Å². The Balaban J connectivity index is 0.00000338. The van der Waals surface area contributed by atoms with Crippen molar-refractivity contribution in [3.05, 3.63) is 54.9 Å². The molecular weight excluding hydrogens is 465 g/mol. The average Bonchev–Trinajstić information content (AvgIpc) is 3.13. The lowest BCUT2D eigenvalue weighted by Crippen LogP contribution is -2.39. The number of nitrogens with zero attached hydrogens (tertiary/aromatic N) is 2. The Morgan fingerprint density at radius 1 is 1.04 bits per heavy atom. The van der Waals surface area contributed by atoms with Gasteiger partial charge in [-0.25, -0.2) is 13.1 Å². The van der Waals surface area contributed by atoms with Crippen molar-refractivity contribution < 1.29 is 8.42 Å². The zero-order valence-corrected chi connectivity index (χ0v) is 17.9. The van der Waals surface area contributed by atoms with Gasteiger partial charge in [-0.1, -0.05) is 18.2 Å². The van der Waals surface area contributed by atoms with E-state index < -0.39 is 10.0 Å². The quantitative estimate of drug-likeness (QED) is 0.216. The van der Waals surface area contributed by atoms with Crippen molar-refractivity contribution in [2.45, 2.75) is 18.4 Å². The largest absolute Gasteiger partial charge is 0.357 e. The number of rotatable bonds is 9. The van der Waals surface area contributed by atoms with Crippen molar-refractivity contribution in [3.63, 3.8) is 0 Å². The van der Waals surface area contributed by atoms with Crippen LogP contribution in [0, 0.1) is 0 Å². The highest BCUT2D eigenvalue weighted by molar-refractivity contribution is 14.0. The molecule has 0 aliphatic heterocycles. The molecule has 9 heteroatoms. The van der Waals surface area contributed by atoms with Crippen LogP contribution in [-0.4, -0.2) is 45.1 Å². The second kappa shape index (κ2) is 11.9. The first kappa shape index (κ1) is 22.5. The van der Waals surface area contributed by atoms with Crippen molar-refractivity contribution in [2.75, 3.05) is 26.2 Å². The first-order valence-corrected chi connectivity index (χ1v) is 9.78. The lowest BCUT2D eigenvalue weighted by atomic mass is 10.4. The summed E-state index contributed by atoms with van der Waals surface area (Å²) in [6.07, 6.45) is 4.01. The number of benzene rings is 1. The van der Waals surface area contributed by atoms with E-state index in [1.807, 2.05) is 31.5 Å². The standard InChI is InChI=1S/C17H25N5O2S.HI/c1-2-18-17(20-12-15-22-13-6-7-14-22)19-10-11-21-25(23,24)16-8-4-3-5-9-16;/h3-9,13-14,21H,2,10-12,15H2,1H3,(H2,18,19,20);1H. The van der Waals surface area contributed by atoms with E-state index in [4.69, 9.17) is 0 Å². The van der Waals surface area contributed by atoms with Crippen LogP contribution in [0.1, 0.15) is 6.92 Å². The summed E-state index contributed by atoms with van der Waals surface area (Å²) in [6, 6.07) is 12.3. The van der Waals surface area contributed by atoms with Crippen molar-refractivity contribution in [1.82, 2.24) is 19.9 Å². The van der Waals surface area contributed by atoms with Crippen LogP contribution in [0.2, 0.25) is 0 Å². The molecule has 0 amide bonds. The molecule has 26 heavy (non-hydrogen) atoms. The molecular formula is C17H26IN5O2S. The summed E-state index contributed by atoms with van der Waals surface area (Å²) >= 11 is 0. The van der Waals surface area contributed by atoms with E-state index >= 15 is 0 Å². The molecule has 0 saturated carbocycles. The smallest absolute Gasteiger partial charge is 0.240 e. The predicted molar refractivity (Wildman–Crippen MR) is 115 cm³/mol. The van der Waals surface area contributed by atoms with Crippen molar-refractivity contribution in [3.8, 4) is 0 Å². The number of aliphatic imine (C=N–C) groups is 1. The van der Waals surface area contributed by atoms with Crippen LogP contribution in [0.3, 0.4) is 0 Å². The van der Waals surface area contributed by atoms with Gasteiger partial charge >= 0.3 is 0 Å². The van der Waals surface area contributed by atoms with E-state index in [1.165, 1.54) is 0 Å². The fourth-order valence-corrected chi connectivity index (χ4v) is 3.24. The Bertz CT molecular complexity index is 749. The molecule has 1 aromatic heterocycles. The summed E-state index contributed by atoms with van der Waals surface area (Å²) in [5.74, 6) is 0.675. The molecule has 0 spiro atoms. The number of aromatic nitrogens is 1. The molecule has 7 nitrogen and oxygen atoms in total. The number of sulfonamides is 1. The number of nitrogens with one attached hydrogen (secondary N) is 3. The Morgan fingerprint density at radius 2 is 1.73 bits per heavy atom. The molecule has 0 bridgehead atoms. The lowest BCUT2D eigenvalue weighted by molar-refractivity contribution is 0.582. The van der Waals surface area contributed by atoms with Gasteiger partial charge in [-0.2, -0.15) is 0 Å². The van der Waals surface area contributed by atoms with Crippen LogP contribution in [0.15, 0.2) is 64.7 Å². The monoisotopic (exact) mass is 491 g/mol. The van der Waals surface area contributed by atoms with E-state index in [0.717, 1.165) is 19.6 Å². The molecule has 1 aromatic carbocycles. The molecule has 144 valence electrons. The van der Waals surface area contributed by atoms with Gasteiger partial charge in [0.05, 0.1) is 11.4 Å². The molecule has 0 aliphatic carbocycles. The molecule has 0 atom stereocenters. The third-order valence-corrected chi connectivity index (χ3v) is 4.88. The molecule has 1 heterocycles. The molecule has 2 aromatic rings. The Labute approximate surface area is 172 Å². The second-order valence-corrected chi connectivity index (χ2v) is 7.09. The van der Waals surface area contributed by atoms with E-state index in [-0.39, 0.29) is 35.4 Å². The zero-order chi connectivity index (χ0) is 18.0. The summed E-state index contributed by atoms with van der Waals surface area (Å²) in [5, 5.41) is 6.37. The summed E-state index contributed by atoms with van der Waals surface area (Å²) in [6.45, 7) is 4.89. The minimum absolute atomic E-state index is 0. The first-order chi connectivity index (χ1) is 12.1. The summed E-state index contributed by atoms with van der Waals surface area (Å²) in [4.78, 5) is 4.65. The van der Waals surface area contributed by atoms with Gasteiger partial charge in [0, 0.05) is 38.6 Å². The number of hydrogen-bond acceptors (Lipinski definition) is 3. The van der Waals surface area contributed by atoms with Crippen LogP contribution < -0.4 is 15.4 Å². The minimum Gasteiger partial charge on any atom is -0.357 e. The summed E-state index contributed by atoms with van der Waals surface area (Å²) in [5.41, 5.74) is 0. The van der Waals surface area contributed by atoms with E-state index in [0.29, 0.717) is 12.5 Å². The molecule has 3 N–H and O–H groups in total. The van der Waals surface area contributed by atoms with Crippen molar-refractivity contribution in [1.29, 1.82) is 0 Å². The maximum absolute atomic E-state index is 12.1. The Morgan fingerprint density at radius 3 is 2.38 bits per heavy atom. The third-order valence-electron chi connectivity index (χ3n) is 3.40. The third kappa shape index (κ3) is 7.75. The van der Waals surface area contributed by atoms with Gasteiger partial charge in [0.2, 0.25) is 10.0 Å². The van der Waals surface area contributed by atoms with Crippen LogP contribution in [0.25, 0.3) is 0 Å². The number of halogens is 1. The molecule has 2 rings (SSSR count). The zero-order valence-electron chi connectivity index (χ0n) is 14.8. The van der Waals surface area contributed by atoms with E-state index in [2.05, 4.69) is 24.9 Å². The average molecular weight is 491 g/mol. The fourth-order valence-electron chi connectivity index (χ4n) is 2.20. The van der Waals surface area contributed by atoms with Crippen LogP contribution in [0.4, 0.5) is 0 Å². The van der Waals surface area contributed by atoms with Gasteiger partial charge in [0.25, 0.3) is 0 Å². The SMILES string of the molecule is CCNC(=NCCNS(=O)(=O)c1ccccc1)NCCn1cccc1.I. The maximum Gasteiger partial charge on any atom is 0.240 e. The molecule has 0 radical (unpaired) electrons. The maximum atomic E-state index is 12.1. The van der Waals surface area contributed by atoms with Gasteiger partial charge in [-0.05, 0) is 31.2 Å². The highest BCUT2D eigenvalue weighted by Crippen LogP contribution is 2.06. The minimum atomic E-state index is -3.48. The molecule has 0 saturated heterocycles.